The Morgan fingerprint density at radius 2 is 2.11 bits per heavy atom. The van der Waals surface area contributed by atoms with Crippen molar-refractivity contribution in [3.05, 3.63) is 0 Å². The molecule has 104 valence electrons. The predicted octanol–water partition coefficient (Wildman–Crippen LogP) is -0.604. The number of ether oxygens (including phenoxy) is 1. The molecule has 0 spiro atoms. The van der Waals surface area contributed by atoms with Crippen LogP contribution in [0.5, 0.6) is 0 Å². The molecule has 6 heteroatoms. The standard InChI is InChI=1S/C12H23N3O3/c1-12(2,3)15-10(16)4-5-14-11(17)9-8-18-7-6-13-9/h9,13H,4-8H2,1-3H3,(H,14,17)(H,15,16). The SMILES string of the molecule is CC(C)(C)NC(=O)CCNC(=O)C1COCCN1. The molecule has 0 radical (unpaired) electrons. The van der Waals surface area contributed by atoms with Gasteiger partial charge in [0.25, 0.3) is 0 Å². The fourth-order valence-electron chi connectivity index (χ4n) is 1.64. The van der Waals surface area contributed by atoms with Gasteiger partial charge in [-0.2, -0.15) is 0 Å². The molecule has 1 aliphatic rings. The van der Waals surface area contributed by atoms with Crippen molar-refractivity contribution in [1.29, 1.82) is 0 Å². The summed E-state index contributed by atoms with van der Waals surface area (Å²) >= 11 is 0. The maximum Gasteiger partial charge on any atom is 0.239 e. The third-order valence-electron chi connectivity index (χ3n) is 2.40. The molecule has 1 aliphatic heterocycles. The van der Waals surface area contributed by atoms with Crippen LogP contribution in [-0.2, 0) is 14.3 Å². The van der Waals surface area contributed by atoms with Crippen LogP contribution in [0.15, 0.2) is 0 Å². The predicted molar refractivity (Wildman–Crippen MR) is 68.1 cm³/mol. The molecule has 1 fully saturated rings. The number of rotatable bonds is 4. The Labute approximate surface area is 108 Å². The first-order valence-corrected chi connectivity index (χ1v) is 6.28. The van der Waals surface area contributed by atoms with Crippen molar-refractivity contribution in [1.82, 2.24) is 16.0 Å². The Balaban J connectivity index is 2.17. The van der Waals surface area contributed by atoms with Gasteiger partial charge in [-0.25, -0.2) is 0 Å². The summed E-state index contributed by atoms with van der Waals surface area (Å²) in [5.74, 6) is -0.172. The van der Waals surface area contributed by atoms with Gasteiger partial charge in [-0.05, 0) is 20.8 Å². The summed E-state index contributed by atoms with van der Waals surface area (Å²) in [4.78, 5) is 23.2. The van der Waals surface area contributed by atoms with E-state index >= 15 is 0 Å². The zero-order valence-corrected chi connectivity index (χ0v) is 11.3. The van der Waals surface area contributed by atoms with Gasteiger partial charge in [0, 0.05) is 25.0 Å². The largest absolute Gasteiger partial charge is 0.378 e. The monoisotopic (exact) mass is 257 g/mol. The van der Waals surface area contributed by atoms with E-state index in [1.54, 1.807) is 0 Å². The summed E-state index contributed by atoms with van der Waals surface area (Å²) in [5.41, 5.74) is -0.236. The molecule has 0 aromatic carbocycles. The zero-order valence-electron chi connectivity index (χ0n) is 11.3. The van der Waals surface area contributed by atoms with Crippen LogP contribution >= 0.6 is 0 Å². The highest BCUT2D eigenvalue weighted by Crippen LogP contribution is 1.99. The van der Waals surface area contributed by atoms with Gasteiger partial charge in [0.2, 0.25) is 11.8 Å². The Kier molecular flexibility index (Phi) is 5.55. The van der Waals surface area contributed by atoms with Crippen molar-refractivity contribution >= 4 is 11.8 Å². The van der Waals surface area contributed by atoms with E-state index in [-0.39, 0.29) is 29.8 Å². The van der Waals surface area contributed by atoms with E-state index in [0.29, 0.717) is 26.3 Å². The molecule has 0 aliphatic carbocycles. The van der Waals surface area contributed by atoms with Crippen molar-refractivity contribution in [3.8, 4) is 0 Å². The Morgan fingerprint density at radius 3 is 2.67 bits per heavy atom. The second kappa shape index (κ2) is 6.70. The first-order valence-electron chi connectivity index (χ1n) is 6.28. The number of carbonyl (C=O) groups is 2. The maximum atomic E-state index is 11.7. The minimum absolute atomic E-state index is 0.0596. The molecule has 1 atom stereocenters. The molecule has 1 saturated heterocycles. The lowest BCUT2D eigenvalue weighted by Gasteiger charge is -2.23. The molecule has 0 saturated carbocycles. The van der Waals surface area contributed by atoms with Crippen molar-refractivity contribution < 1.29 is 14.3 Å². The molecule has 1 heterocycles. The summed E-state index contributed by atoms with van der Waals surface area (Å²) in [6.07, 6.45) is 0.288. The molecule has 18 heavy (non-hydrogen) atoms. The molecule has 2 amide bonds. The topological polar surface area (TPSA) is 79.5 Å². The van der Waals surface area contributed by atoms with Crippen LogP contribution in [0.2, 0.25) is 0 Å². The third kappa shape index (κ3) is 5.97. The van der Waals surface area contributed by atoms with Crippen molar-refractivity contribution in [2.45, 2.75) is 38.8 Å². The highest BCUT2D eigenvalue weighted by atomic mass is 16.5. The van der Waals surface area contributed by atoms with Gasteiger partial charge in [-0.3, -0.25) is 9.59 Å². The number of nitrogens with one attached hydrogen (secondary N) is 3. The number of carbonyl (C=O) groups excluding carboxylic acids is 2. The fourth-order valence-corrected chi connectivity index (χ4v) is 1.64. The van der Waals surface area contributed by atoms with Gasteiger partial charge in [0.1, 0.15) is 6.04 Å². The minimum Gasteiger partial charge on any atom is -0.378 e. The lowest BCUT2D eigenvalue weighted by Crippen LogP contribution is -2.51. The smallest absolute Gasteiger partial charge is 0.239 e. The second-order valence-corrected chi connectivity index (χ2v) is 5.42. The normalized spacial score (nSPS) is 20.3. The highest BCUT2D eigenvalue weighted by molar-refractivity contribution is 5.83. The lowest BCUT2D eigenvalue weighted by molar-refractivity contribution is -0.126. The average molecular weight is 257 g/mol. The molecular formula is C12H23N3O3. The molecule has 1 unspecified atom stereocenters. The van der Waals surface area contributed by atoms with Gasteiger partial charge >= 0.3 is 0 Å². The first-order chi connectivity index (χ1) is 8.38. The molecule has 6 nitrogen and oxygen atoms in total. The average Bonchev–Trinajstić information content (AvgIpc) is 2.27. The Bertz CT molecular complexity index is 293. The van der Waals surface area contributed by atoms with Crippen LogP contribution in [-0.4, -0.2) is 49.7 Å². The number of hydrogen-bond donors (Lipinski definition) is 3. The van der Waals surface area contributed by atoms with Crippen molar-refractivity contribution in [2.24, 2.45) is 0 Å². The third-order valence-corrected chi connectivity index (χ3v) is 2.40. The van der Waals surface area contributed by atoms with Gasteiger partial charge in [-0.15, -0.1) is 0 Å². The Morgan fingerprint density at radius 1 is 1.39 bits per heavy atom. The molecule has 1 rings (SSSR count). The highest BCUT2D eigenvalue weighted by Gasteiger charge is 2.21. The number of hydrogen-bond acceptors (Lipinski definition) is 4. The van der Waals surface area contributed by atoms with Gasteiger partial charge in [0.15, 0.2) is 0 Å². The van der Waals surface area contributed by atoms with Crippen LogP contribution in [0.3, 0.4) is 0 Å². The Hall–Kier alpha value is -1.14. The van der Waals surface area contributed by atoms with Gasteiger partial charge in [0.05, 0.1) is 13.2 Å². The minimum atomic E-state index is -0.301. The van der Waals surface area contributed by atoms with Crippen molar-refractivity contribution in [3.63, 3.8) is 0 Å². The summed E-state index contributed by atoms with van der Waals surface area (Å²) in [5, 5.41) is 8.63. The summed E-state index contributed by atoms with van der Waals surface area (Å²) in [6, 6.07) is -0.301. The maximum absolute atomic E-state index is 11.7. The van der Waals surface area contributed by atoms with Gasteiger partial charge < -0.3 is 20.7 Å². The van der Waals surface area contributed by atoms with Gasteiger partial charge in [-0.1, -0.05) is 0 Å². The van der Waals surface area contributed by atoms with E-state index in [1.165, 1.54) is 0 Å². The molecule has 0 aromatic heterocycles. The van der Waals surface area contributed by atoms with Crippen LogP contribution in [0, 0.1) is 0 Å². The zero-order chi connectivity index (χ0) is 13.6. The van der Waals surface area contributed by atoms with Crippen LogP contribution in [0.1, 0.15) is 27.2 Å². The van der Waals surface area contributed by atoms with Crippen molar-refractivity contribution in [2.75, 3.05) is 26.3 Å². The van der Waals surface area contributed by atoms with Crippen LogP contribution in [0.4, 0.5) is 0 Å². The van der Waals surface area contributed by atoms with E-state index < -0.39 is 0 Å². The number of amides is 2. The quantitative estimate of drug-likeness (QED) is 0.628. The van der Waals surface area contributed by atoms with Crippen LogP contribution in [0.25, 0.3) is 0 Å². The van der Waals surface area contributed by atoms with E-state index in [4.69, 9.17) is 4.74 Å². The summed E-state index contributed by atoms with van der Waals surface area (Å²) in [6.45, 7) is 7.83. The molecule has 3 N–H and O–H groups in total. The number of morpholine rings is 1. The van der Waals surface area contributed by atoms with E-state index in [9.17, 15) is 9.59 Å². The first kappa shape index (κ1) is 14.9. The van der Waals surface area contributed by atoms with E-state index in [1.807, 2.05) is 20.8 Å². The lowest BCUT2D eigenvalue weighted by atomic mass is 10.1. The molecular weight excluding hydrogens is 234 g/mol. The summed E-state index contributed by atoms with van der Waals surface area (Å²) < 4.78 is 5.19. The van der Waals surface area contributed by atoms with E-state index in [2.05, 4.69) is 16.0 Å². The second-order valence-electron chi connectivity index (χ2n) is 5.42. The fraction of sp³-hybridized carbons (Fsp3) is 0.833. The molecule has 0 bridgehead atoms. The van der Waals surface area contributed by atoms with E-state index in [0.717, 1.165) is 0 Å². The summed E-state index contributed by atoms with van der Waals surface area (Å²) in [7, 11) is 0. The van der Waals surface area contributed by atoms with Crippen LogP contribution < -0.4 is 16.0 Å². The molecule has 0 aromatic rings.